The lowest BCUT2D eigenvalue weighted by Crippen LogP contribution is -2.65. The summed E-state index contributed by atoms with van der Waals surface area (Å²) in [6, 6.07) is -3.80. The number of aliphatic hydroxyl groups excluding tert-OH is 3. The van der Waals surface area contributed by atoms with Crippen LogP contribution in [0.4, 0.5) is 10.5 Å². The van der Waals surface area contributed by atoms with E-state index in [0.717, 1.165) is 6.92 Å². The highest BCUT2D eigenvalue weighted by atomic mass is 16.6. The Balaban J connectivity index is 2.52. The fourth-order valence-electron chi connectivity index (χ4n) is 10.4. The summed E-state index contributed by atoms with van der Waals surface area (Å²) in [5, 5.41) is 60.9. The van der Waals surface area contributed by atoms with Gasteiger partial charge >= 0.3 is 6.09 Å². The number of hydrogen-bond donors (Lipinski definition) is 18. The molecule has 33 nitrogen and oxygen atoms in total. The number of carbonyl (C=O) groups excluding carboxylic acids is 13. The van der Waals surface area contributed by atoms with E-state index in [1.165, 1.54) is 68.4 Å². The molecule has 33 heteroatoms. The lowest BCUT2D eigenvalue weighted by molar-refractivity contribution is -0.141. The average Bonchev–Trinajstić information content (AvgIpc) is 0.801. The fourth-order valence-corrected chi connectivity index (χ4v) is 10.4. The number of primary amides is 1. The number of aliphatic hydroxyl groups is 3. The predicted molar refractivity (Wildman–Crippen MR) is 359 cm³/mol. The number of amides is 12. The molecule has 544 valence electrons. The quantitative estimate of drug-likeness (QED) is 0.0266. The van der Waals surface area contributed by atoms with Gasteiger partial charge in [-0.05, 0) is 86.3 Å². The number of rotatable bonds is 25. The number of aliphatic imine (C=N–C) groups is 1. The summed E-state index contributed by atoms with van der Waals surface area (Å²) >= 11 is 0. The Morgan fingerprint density at radius 3 is 1.70 bits per heavy atom. The summed E-state index contributed by atoms with van der Waals surface area (Å²) in [5.74, 6) is -19.4. The Labute approximate surface area is 570 Å². The maximum absolute atomic E-state index is 15.7. The van der Waals surface area contributed by atoms with Gasteiger partial charge in [0, 0.05) is 12.2 Å². The summed E-state index contributed by atoms with van der Waals surface area (Å²) in [5.41, 5.74) is 23.2. The van der Waals surface area contributed by atoms with Crippen molar-refractivity contribution in [2.75, 3.05) is 25.0 Å². The lowest BCUT2D eigenvalue weighted by Gasteiger charge is -2.34. The maximum Gasteiger partial charge on any atom is 0.412 e. The van der Waals surface area contributed by atoms with E-state index in [1.807, 2.05) is 13.8 Å². The van der Waals surface area contributed by atoms with Crippen molar-refractivity contribution in [2.24, 2.45) is 57.5 Å². The summed E-state index contributed by atoms with van der Waals surface area (Å²) < 4.78 is 5.35. The molecule has 2 aromatic carbocycles. The Morgan fingerprint density at radius 2 is 1.16 bits per heavy atom. The van der Waals surface area contributed by atoms with Crippen molar-refractivity contribution >= 4 is 88.5 Å². The number of ether oxygens (including phenoxy) is 1. The molecule has 0 radical (unpaired) electrons. The molecular formula is C65H102N16O17. The highest BCUT2D eigenvalue weighted by Gasteiger charge is 2.46. The number of nitrogens with one attached hydrogen (secondary N) is 11. The van der Waals surface area contributed by atoms with Crippen LogP contribution in [-0.2, 0) is 62.3 Å². The molecule has 15 atom stereocenters. The number of nitrogens with two attached hydrogens (primary N) is 4. The summed E-state index contributed by atoms with van der Waals surface area (Å²) in [6.45, 7) is 15.2. The van der Waals surface area contributed by atoms with Gasteiger partial charge < -0.3 is 96.2 Å². The molecule has 2 aromatic rings. The minimum Gasteiger partial charge on any atom is -0.433 e. The number of benzene rings is 2. The molecule has 1 heterocycles. The Bertz CT molecular complexity index is 3080. The van der Waals surface area contributed by atoms with Crippen LogP contribution >= 0.6 is 0 Å². The lowest BCUT2D eigenvalue weighted by atomic mass is 9.83. The first-order chi connectivity index (χ1) is 46.0. The third-order valence-corrected chi connectivity index (χ3v) is 15.9. The summed E-state index contributed by atoms with van der Waals surface area (Å²) in [7, 11) is 0. The Kier molecular flexibility index (Phi) is 34.2. The first kappa shape index (κ1) is 82.9. The van der Waals surface area contributed by atoms with E-state index >= 15 is 19.2 Å². The van der Waals surface area contributed by atoms with E-state index in [4.69, 9.17) is 27.7 Å². The van der Waals surface area contributed by atoms with Crippen LogP contribution in [0.3, 0.4) is 0 Å². The van der Waals surface area contributed by atoms with Crippen molar-refractivity contribution in [3.05, 3.63) is 66.2 Å². The second-order valence-electron chi connectivity index (χ2n) is 26.0. The van der Waals surface area contributed by atoms with Crippen LogP contribution in [0.1, 0.15) is 126 Å². The van der Waals surface area contributed by atoms with Gasteiger partial charge in [-0.2, -0.15) is 0 Å². The molecule has 98 heavy (non-hydrogen) atoms. The minimum absolute atomic E-state index is 0.0362. The van der Waals surface area contributed by atoms with Crippen LogP contribution in [0.2, 0.25) is 0 Å². The van der Waals surface area contributed by atoms with Crippen molar-refractivity contribution < 1.29 is 82.4 Å². The number of nitrogens with zero attached hydrogens (tertiary/aromatic N) is 1. The summed E-state index contributed by atoms with van der Waals surface area (Å²) in [6.07, 6.45) is -7.55. The zero-order chi connectivity index (χ0) is 73.8. The highest BCUT2D eigenvalue weighted by Crippen LogP contribution is 2.26. The van der Waals surface area contributed by atoms with E-state index in [0.29, 0.717) is 0 Å². The van der Waals surface area contributed by atoms with Crippen LogP contribution in [0.15, 0.2) is 65.7 Å². The molecule has 0 saturated carbocycles. The average molecular weight is 1380 g/mol. The number of guanidine groups is 1. The zero-order valence-corrected chi connectivity index (χ0v) is 57.4. The predicted octanol–water partition coefficient (Wildman–Crippen LogP) is -3.11. The second-order valence-corrected chi connectivity index (χ2v) is 26.0. The summed E-state index contributed by atoms with van der Waals surface area (Å²) in [4.78, 5) is 193. The van der Waals surface area contributed by atoms with E-state index in [2.05, 4.69) is 63.5 Å². The topological polar surface area (TPSA) is 541 Å². The molecule has 1 saturated heterocycles. The van der Waals surface area contributed by atoms with Gasteiger partial charge in [0.05, 0.1) is 37.3 Å². The minimum atomic E-state index is -2.51. The largest absolute Gasteiger partial charge is 0.433 e. The molecule has 1 aliphatic heterocycles. The van der Waals surface area contributed by atoms with E-state index in [-0.39, 0.29) is 74.1 Å². The van der Waals surface area contributed by atoms with Crippen LogP contribution in [0.25, 0.3) is 0 Å². The second kappa shape index (κ2) is 40.4. The molecule has 2 unspecified atom stereocenters. The van der Waals surface area contributed by atoms with Crippen molar-refractivity contribution in [2.45, 2.75) is 199 Å². The molecule has 1 fully saturated rings. The van der Waals surface area contributed by atoms with Gasteiger partial charge in [0.15, 0.2) is 17.8 Å². The van der Waals surface area contributed by atoms with Gasteiger partial charge in [-0.15, -0.1) is 0 Å². The van der Waals surface area contributed by atoms with Crippen LogP contribution in [0, 0.1) is 29.6 Å². The van der Waals surface area contributed by atoms with Gasteiger partial charge in [0.25, 0.3) is 5.91 Å². The fraction of sp³-hybridized carbons (Fsp3) is 0.600. The van der Waals surface area contributed by atoms with E-state index < -0.39 is 192 Å². The van der Waals surface area contributed by atoms with Crippen LogP contribution in [0.5, 0.6) is 0 Å². The number of anilines is 1. The number of carbonyl (C=O) groups is 13. The van der Waals surface area contributed by atoms with Gasteiger partial charge in [-0.3, -0.25) is 67.8 Å². The van der Waals surface area contributed by atoms with E-state index in [9.17, 15) is 58.5 Å². The first-order valence-electron chi connectivity index (χ1n) is 32.7. The van der Waals surface area contributed by atoms with Crippen molar-refractivity contribution in [3.63, 3.8) is 0 Å². The van der Waals surface area contributed by atoms with Crippen molar-refractivity contribution in [3.8, 4) is 0 Å². The molecule has 0 spiro atoms. The maximum atomic E-state index is 15.7. The molecule has 0 bridgehead atoms. The van der Waals surface area contributed by atoms with Gasteiger partial charge in [0.2, 0.25) is 65.2 Å². The number of ketones is 1. The van der Waals surface area contributed by atoms with Gasteiger partial charge in [-0.25, -0.2) is 4.79 Å². The Hall–Kier alpha value is -9.34. The monoisotopic (exact) mass is 1380 g/mol. The number of hydrogen-bond acceptors (Lipinski definition) is 19. The molecule has 3 rings (SSSR count). The third kappa shape index (κ3) is 26.6. The zero-order valence-electron chi connectivity index (χ0n) is 57.4. The number of para-hydroxylation sites is 1. The van der Waals surface area contributed by atoms with Crippen molar-refractivity contribution in [1.82, 2.24) is 53.2 Å². The molecule has 12 amide bonds. The van der Waals surface area contributed by atoms with Crippen molar-refractivity contribution in [1.29, 1.82) is 0 Å². The number of Topliss-reactive ketones (excluding diaryl/α,β-unsaturated/α-hetero) is 1. The Morgan fingerprint density at radius 1 is 0.622 bits per heavy atom. The third-order valence-electron chi connectivity index (χ3n) is 15.9. The normalized spacial score (nSPS) is 23.5. The standard InChI is InChI=1S/C65H102N16O17/c1-12-35(10)46-60(93)79-47(36(11)83)59(92)71-29-44(84)77-50(53(54(67)87)98-65(97)72-38-22-17-14-18-23-38)63(96)76-43(30-82)52(86)45(37-20-15-13-16-21-37)48(80-58(91)42(28-33(6)7)74-55(88)39(66)26-31(2)3)61(94)81-49(51(85)34(8)9)62(95)75-41(27-32(4)5)57(90)73-40(56(89)78-46)24-19-25-70-64(68)69/h13-18,20-23,31-36,39-43,45-51,53,82-83,85H,12,19,24-30,66H2,1-11H3,(H2,67,87)(H,71,92)(H,72,97)(H,73,90)(H,74,88)(H,75,95)(H,76,96)(H,77,84)(H,78,89)(H,79,93)(H,80,91)(H,81,94)(H4,68,69,70)/t35-,36+,39-,40-,41-,42-,43-,45?,46-,47-,48-,49-,50-,51+,53?/m0/s1. The first-order valence-corrected chi connectivity index (χ1v) is 32.7. The molecule has 22 N–H and O–H groups in total. The van der Waals surface area contributed by atoms with E-state index in [1.54, 1.807) is 47.6 Å². The molecule has 1 aliphatic rings. The highest BCUT2D eigenvalue weighted by molar-refractivity contribution is 6.05. The van der Waals surface area contributed by atoms with Gasteiger partial charge in [0.1, 0.15) is 48.3 Å². The smallest absolute Gasteiger partial charge is 0.412 e. The molecule has 0 aromatic heterocycles. The van der Waals surface area contributed by atoms with Crippen LogP contribution < -0.4 is 81.4 Å². The molecule has 0 aliphatic carbocycles. The SMILES string of the molecule is CC[C@H](C)[C@@H]1NC(=O)[C@H](CCCN=C(N)N)NC(=O)[C@H](CC(C)C)NC(=O)[C@H]([C@H](O)C(C)C)NC(=O)[C@@H](NC(=O)[C@H](CC(C)C)NC(=O)[C@@H](N)CC(C)C)C(c2ccccc2)C(=O)[C@H](CO)NC(=O)[C@H](C(OC(=O)Nc2ccccc2)C(N)=O)NC(=O)CNC(=O)[C@H]([C@@H](C)O)NC1=O. The molecular weight excluding hydrogens is 1280 g/mol. The van der Waals surface area contributed by atoms with Gasteiger partial charge in [-0.1, -0.05) is 124 Å². The van der Waals surface area contributed by atoms with Crippen LogP contribution in [-0.4, -0.2) is 197 Å².